The third kappa shape index (κ3) is 4.43. The lowest BCUT2D eigenvalue weighted by atomic mass is 10.2. The smallest absolute Gasteiger partial charge is 0.283 e. The molecule has 0 unspecified atom stereocenters. The molecule has 3 rings (SSSR count). The Balaban J connectivity index is 1.79. The summed E-state index contributed by atoms with van der Waals surface area (Å²) in [7, 11) is 1.55. The molecule has 2 N–H and O–H groups in total. The Morgan fingerprint density at radius 2 is 1.93 bits per heavy atom. The van der Waals surface area contributed by atoms with Gasteiger partial charge < -0.3 is 19.7 Å². The van der Waals surface area contributed by atoms with Crippen molar-refractivity contribution in [1.29, 1.82) is 0 Å². The lowest BCUT2D eigenvalue weighted by Crippen LogP contribution is -2.28. The van der Waals surface area contributed by atoms with Gasteiger partial charge in [-0.1, -0.05) is 25.1 Å². The van der Waals surface area contributed by atoms with Crippen LogP contribution in [-0.4, -0.2) is 35.1 Å². The topological polar surface area (TPSA) is 105 Å². The fourth-order valence-electron chi connectivity index (χ4n) is 2.97. The molecule has 29 heavy (non-hydrogen) atoms. The summed E-state index contributed by atoms with van der Waals surface area (Å²) in [6.07, 6.45) is 0.810. The minimum absolute atomic E-state index is 0.0695. The summed E-state index contributed by atoms with van der Waals surface area (Å²) < 4.78 is 6.95. The van der Waals surface area contributed by atoms with Crippen LogP contribution in [0.1, 0.15) is 23.7 Å². The Labute approximate surface area is 167 Å². The Kier molecular flexibility index (Phi) is 6.23. The van der Waals surface area contributed by atoms with E-state index >= 15 is 0 Å². The van der Waals surface area contributed by atoms with Crippen LogP contribution in [0.4, 0.5) is 5.69 Å². The van der Waals surface area contributed by atoms with E-state index in [0.717, 1.165) is 11.9 Å². The number of benzene rings is 2. The molecule has 150 valence electrons. The predicted octanol–water partition coefficient (Wildman–Crippen LogP) is 3.81. The fraction of sp³-hybridized carbons (Fsp3) is 0.238. The molecular weight excluding hydrogens is 372 g/mol. The minimum atomic E-state index is -0.632. The van der Waals surface area contributed by atoms with Crippen LogP contribution in [0.25, 0.3) is 10.9 Å². The first-order valence-corrected chi connectivity index (χ1v) is 9.22. The van der Waals surface area contributed by atoms with E-state index in [0.29, 0.717) is 23.2 Å². The highest BCUT2D eigenvalue weighted by atomic mass is 16.5. The zero-order chi connectivity index (χ0) is 20.8. The van der Waals surface area contributed by atoms with Crippen molar-refractivity contribution in [1.82, 2.24) is 9.88 Å². The molecule has 0 aliphatic rings. The van der Waals surface area contributed by atoms with Gasteiger partial charge in [0.25, 0.3) is 11.8 Å². The zero-order valence-electron chi connectivity index (χ0n) is 16.3. The molecule has 0 saturated carbocycles. The van der Waals surface area contributed by atoms with Crippen LogP contribution in [0.5, 0.6) is 11.6 Å². The first-order chi connectivity index (χ1) is 14.0. The number of aromatic nitrogens is 1. The van der Waals surface area contributed by atoms with E-state index in [1.807, 2.05) is 13.0 Å². The average molecular weight is 394 g/mol. The van der Waals surface area contributed by atoms with Crippen LogP contribution in [-0.2, 0) is 11.3 Å². The number of carbonyl (C=O) groups is 2. The number of hydrogen-bond acceptors (Lipinski definition) is 5. The molecule has 1 heterocycles. The molecule has 0 aliphatic carbocycles. The van der Waals surface area contributed by atoms with Crippen LogP contribution in [0, 0.1) is 0 Å². The van der Waals surface area contributed by atoms with Crippen molar-refractivity contribution in [2.45, 2.75) is 19.9 Å². The van der Waals surface area contributed by atoms with Crippen molar-refractivity contribution in [3.8, 4) is 11.6 Å². The molecular formula is C21H22N4O4. The summed E-state index contributed by atoms with van der Waals surface area (Å²) in [4.78, 5) is 24.1. The molecule has 8 nitrogen and oxygen atoms in total. The van der Waals surface area contributed by atoms with E-state index in [1.165, 1.54) is 0 Å². The molecule has 0 spiro atoms. The van der Waals surface area contributed by atoms with Gasteiger partial charge in [0.2, 0.25) is 5.88 Å². The number of aryl methyl sites for hydroxylation is 1. The molecule has 0 bridgehead atoms. The number of azo groups is 1. The number of nitrogens with zero attached hydrogens (tertiary/aromatic N) is 3. The van der Waals surface area contributed by atoms with E-state index in [1.54, 1.807) is 54.1 Å². The standard InChI is InChI=1S/C21H22N4O4/c1-3-11-25-17-10-9-15(29-2)12-16(17)19(21(25)28)24-23-18(26)13-22-20(27)14-7-5-4-6-8-14/h4-10,12,28H,3,11,13H2,1-2H3,(H,22,27). The maximum Gasteiger partial charge on any atom is 0.283 e. The third-order valence-corrected chi connectivity index (χ3v) is 4.36. The SMILES string of the molecule is CCCn1c(O)c(N=NC(=O)CNC(=O)c2ccccc2)c2cc(OC)ccc21. The van der Waals surface area contributed by atoms with Gasteiger partial charge in [-0.05, 0) is 36.8 Å². The molecule has 2 aromatic carbocycles. The van der Waals surface area contributed by atoms with Crippen molar-refractivity contribution in [2.75, 3.05) is 13.7 Å². The molecule has 0 radical (unpaired) electrons. The lowest BCUT2D eigenvalue weighted by Gasteiger charge is -2.04. The van der Waals surface area contributed by atoms with Crippen LogP contribution < -0.4 is 10.1 Å². The van der Waals surface area contributed by atoms with Gasteiger partial charge in [-0.3, -0.25) is 9.59 Å². The summed E-state index contributed by atoms with van der Waals surface area (Å²) >= 11 is 0. The van der Waals surface area contributed by atoms with Crippen LogP contribution in [0.3, 0.4) is 0 Å². The van der Waals surface area contributed by atoms with E-state index in [2.05, 4.69) is 15.5 Å². The van der Waals surface area contributed by atoms with Crippen molar-refractivity contribution in [3.63, 3.8) is 0 Å². The fourth-order valence-corrected chi connectivity index (χ4v) is 2.97. The van der Waals surface area contributed by atoms with Gasteiger partial charge in [-0.15, -0.1) is 10.2 Å². The first kappa shape index (κ1) is 20.1. The highest BCUT2D eigenvalue weighted by molar-refractivity contribution is 5.97. The molecule has 8 heteroatoms. The molecule has 0 atom stereocenters. The number of methoxy groups -OCH3 is 1. The van der Waals surface area contributed by atoms with Gasteiger partial charge in [0.15, 0.2) is 5.69 Å². The van der Waals surface area contributed by atoms with Crippen molar-refractivity contribution < 1.29 is 19.4 Å². The lowest BCUT2D eigenvalue weighted by molar-refractivity contribution is -0.117. The van der Waals surface area contributed by atoms with Crippen LogP contribution >= 0.6 is 0 Å². The molecule has 2 amide bonds. The molecule has 1 aromatic heterocycles. The van der Waals surface area contributed by atoms with Gasteiger partial charge in [0.1, 0.15) is 12.3 Å². The summed E-state index contributed by atoms with van der Waals surface area (Å²) in [5, 5.41) is 21.3. The second-order valence-electron chi connectivity index (χ2n) is 6.35. The van der Waals surface area contributed by atoms with E-state index < -0.39 is 5.91 Å². The van der Waals surface area contributed by atoms with Gasteiger partial charge in [0, 0.05) is 17.5 Å². The van der Waals surface area contributed by atoms with Crippen LogP contribution in [0.15, 0.2) is 58.8 Å². The largest absolute Gasteiger partial charge is 0.497 e. The monoisotopic (exact) mass is 394 g/mol. The number of fused-ring (bicyclic) bond motifs is 1. The van der Waals surface area contributed by atoms with Crippen molar-refractivity contribution in [2.24, 2.45) is 10.2 Å². The predicted molar refractivity (Wildman–Crippen MR) is 109 cm³/mol. The quantitative estimate of drug-likeness (QED) is 0.595. The Hall–Kier alpha value is -3.68. The number of amides is 2. The maximum absolute atomic E-state index is 12.1. The van der Waals surface area contributed by atoms with Gasteiger partial charge in [-0.25, -0.2) is 0 Å². The number of nitrogens with one attached hydrogen (secondary N) is 1. The van der Waals surface area contributed by atoms with Crippen LogP contribution in [0.2, 0.25) is 0 Å². The summed E-state index contributed by atoms with van der Waals surface area (Å²) in [5.74, 6) is -0.474. The van der Waals surface area contributed by atoms with Gasteiger partial charge >= 0.3 is 0 Å². The van der Waals surface area contributed by atoms with Gasteiger partial charge in [0.05, 0.1) is 12.6 Å². The van der Waals surface area contributed by atoms with E-state index in [-0.39, 0.29) is 24.0 Å². The molecule has 0 fully saturated rings. The highest BCUT2D eigenvalue weighted by Gasteiger charge is 2.17. The zero-order valence-corrected chi connectivity index (χ0v) is 16.3. The molecule has 0 saturated heterocycles. The normalized spacial score (nSPS) is 11.1. The highest BCUT2D eigenvalue weighted by Crippen LogP contribution is 2.40. The number of rotatable bonds is 7. The van der Waals surface area contributed by atoms with Crippen molar-refractivity contribution >= 4 is 28.4 Å². The maximum atomic E-state index is 12.1. The number of ether oxygens (including phenoxy) is 1. The summed E-state index contributed by atoms with van der Waals surface area (Å²) in [6.45, 7) is 2.29. The summed E-state index contributed by atoms with van der Waals surface area (Å²) in [6, 6.07) is 13.9. The molecule has 0 aliphatic heterocycles. The van der Waals surface area contributed by atoms with Gasteiger partial charge in [-0.2, -0.15) is 0 Å². The van der Waals surface area contributed by atoms with E-state index in [4.69, 9.17) is 4.74 Å². The van der Waals surface area contributed by atoms with Crippen molar-refractivity contribution in [3.05, 3.63) is 54.1 Å². The second kappa shape index (κ2) is 9.01. The number of carbonyl (C=O) groups excluding carboxylic acids is 2. The average Bonchev–Trinajstić information content (AvgIpc) is 3.01. The minimum Gasteiger partial charge on any atom is -0.497 e. The third-order valence-electron chi connectivity index (χ3n) is 4.36. The summed E-state index contributed by atoms with van der Waals surface area (Å²) in [5.41, 5.74) is 1.41. The number of aromatic hydroxyl groups is 1. The van der Waals surface area contributed by atoms with E-state index in [9.17, 15) is 14.7 Å². The number of hydrogen-bond donors (Lipinski definition) is 2. The first-order valence-electron chi connectivity index (χ1n) is 9.22. The Morgan fingerprint density at radius 3 is 2.62 bits per heavy atom. The Morgan fingerprint density at radius 1 is 1.17 bits per heavy atom. The molecule has 3 aromatic rings. The Bertz CT molecular complexity index is 1060. The second-order valence-corrected chi connectivity index (χ2v) is 6.35.